The van der Waals surface area contributed by atoms with Gasteiger partial charge in [0, 0.05) is 61.4 Å². The molecular formula is C52H74N4O13. The van der Waals surface area contributed by atoms with E-state index in [1.54, 1.807) is 26.0 Å². The van der Waals surface area contributed by atoms with Gasteiger partial charge in [-0.1, -0.05) is 58.6 Å². The molecule has 1 fully saturated rings. The molecule has 0 spiro atoms. The summed E-state index contributed by atoms with van der Waals surface area (Å²) < 4.78 is 21.0. The second-order valence-electron chi connectivity index (χ2n) is 18.0. The van der Waals surface area contributed by atoms with Crippen molar-refractivity contribution in [1.82, 2.24) is 15.2 Å². The summed E-state index contributed by atoms with van der Waals surface area (Å²) in [6, 6.07) is 4.61. The van der Waals surface area contributed by atoms with E-state index in [1.807, 2.05) is 12.2 Å². The van der Waals surface area contributed by atoms with Crippen LogP contribution < -0.4 is 15.4 Å². The number of benzene rings is 1. The largest absolute Gasteiger partial charge is 0.462 e. The quantitative estimate of drug-likeness (QED) is 0.0109. The van der Waals surface area contributed by atoms with Gasteiger partial charge in [0.05, 0.1) is 36.2 Å². The zero-order chi connectivity index (χ0) is 50.6. The maximum absolute atomic E-state index is 13.1. The summed E-state index contributed by atoms with van der Waals surface area (Å²) in [5.74, 6) is -4.64. The predicted octanol–water partition coefficient (Wildman–Crippen LogP) is 7.04. The molecule has 6 atom stereocenters. The lowest BCUT2D eigenvalue weighted by atomic mass is 9.85. The molecule has 2 heterocycles. The zero-order valence-corrected chi connectivity index (χ0v) is 41.5. The number of aromatic amines is 1. The average molecular weight is 963 g/mol. The highest BCUT2D eigenvalue weighted by molar-refractivity contribution is 6.35. The van der Waals surface area contributed by atoms with Gasteiger partial charge in [0.15, 0.2) is 6.10 Å². The number of aryl methyl sites for hydroxylation is 1. The van der Waals surface area contributed by atoms with E-state index in [0.717, 1.165) is 51.7 Å². The topological polar surface area (TPSA) is 240 Å². The Labute approximate surface area is 406 Å². The molecule has 2 unspecified atom stereocenters. The van der Waals surface area contributed by atoms with E-state index in [-0.39, 0.29) is 42.2 Å². The Morgan fingerprint density at radius 2 is 1.67 bits per heavy atom. The fraction of sp³-hybridized carbons (Fsp3) is 0.596. The number of anilines is 1. The Balaban J connectivity index is 1.19. The minimum atomic E-state index is -1.42. The van der Waals surface area contributed by atoms with Gasteiger partial charge in [-0.15, -0.1) is 0 Å². The summed E-state index contributed by atoms with van der Waals surface area (Å²) in [7, 11) is 0. The molecule has 2 aliphatic rings. The molecule has 17 nitrogen and oxygen atoms in total. The number of allylic oxidation sites excluding steroid dienone is 2. The SMILES string of the molecule is CCCCCC[C@@H](O)CC[C@H]1[C@H](C/C=C\CCCC(=O)OC(=O)C(C)OC(=O)CCC(=O)Oc2ccc3c(c2)/C(=C/c2[nH]c(C)c(C(=O)NCCN(CC)CC)c2C)C(=O)N3)C(OC(C)=O)C[C@@H]1O. The first-order valence-corrected chi connectivity index (χ1v) is 24.7. The van der Waals surface area contributed by atoms with Gasteiger partial charge >= 0.3 is 29.8 Å². The Bertz CT molecular complexity index is 2160. The molecule has 1 aliphatic heterocycles. The summed E-state index contributed by atoms with van der Waals surface area (Å²) in [6.07, 6.45) is 9.59. The molecule has 0 saturated heterocycles. The Hall–Kier alpha value is -5.65. The summed E-state index contributed by atoms with van der Waals surface area (Å²) in [5.41, 5.74) is 3.67. The molecule has 380 valence electrons. The normalized spacial score (nSPS) is 19.0. The monoisotopic (exact) mass is 963 g/mol. The van der Waals surface area contributed by atoms with Gasteiger partial charge in [-0.2, -0.15) is 0 Å². The predicted molar refractivity (Wildman–Crippen MR) is 260 cm³/mol. The maximum atomic E-state index is 13.1. The standard InChI is InChI=1S/C52H74N4O13/c1-8-11-12-15-18-36(58)21-23-38-39(45(31-44(38)59)67-35(7)57)19-16-13-14-17-20-46(60)69-52(65)34(6)66-47(61)25-26-48(62)68-37-22-24-42-40(29-37)41(50(63)55-42)30-43-32(4)49(33(5)54-43)51(64)53-27-28-56(9-2)10-3/h13,16,22,24,29-30,34,36,38-39,44-45,54,58-59H,8-12,14-15,17-21,23,25-28,31H2,1-7H3,(H,53,64)(H,55,63)/b16-13-,41-30-/t34?,36-,38+,39+,44+,45?/m1/s1. The van der Waals surface area contributed by atoms with E-state index >= 15 is 0 Å². The lowest BCUT2D eigenvalue weighted by Gasteiger charge is -2.25. The van der Waals surface area contributed by atoms with Gasteiger partial charge in [-0.25, -0.2) is 4.79 Å². The molecule has 1 aromatic heterocycles. The number of likely N-dealkylation sites (N-methyl/N-ethyl adjacent to an activating group) is 1. The van der Waals surface area contributed by atoms with Crippen LogP contribution in [0.1, 0.15) is 157 Å². The van der Waals surface area contributed by atoms with Crippen molar-refractivity contribution in [2.75, 3.05) is 31.5 Å². The van der Waals surface area contributed by atoms with Crippen molar-refractivity contribution in [3.8, 4) is 5.75 Å². The second kappa shape index (κ2) is 28.1. The van der Waals surface area contributed by atoms with Crippen molar-refractivity contribution in [2.45, 2.75) is 163 Å². The number of aromatic nitrogens is 1. The van der Waals surface area contributed by atoms with Crippen LogP contribution in [0.4, 0.5) is 5.69 Å². The van der Waals surface area contributed by atoms with Crippen LogP contribution >= 0.6 is 0 Å². The first-order valence-electron chi connectivity index (χ1n) is 24.7. The highest BCUT2D eigenvalue weighted by atomic mass is 16.6. The van der Waals surface area contributed by atoms with E-state index in [4.69, 9.17) is 18.9 Å². The molecule has 4 rings (SSSR count). The maximum Gasteiger partial charge on any atom is 0.354 e. The molecule has 69 heavy (non-hydrogen) atoms. The third-order valence-corrected chi connectivity index (χ3v) is 12.9. The number of hydrogen-bond acceptors (Lipinski definition) is 14. The molecule has 5 N–H and O–H groups in total. The summed E-state index contributed by atoms with van der Waals surface area (Å²) in [6.45, 7) is 15.4. The Morgan fingerprint density at radius 3 is 2.38 bits per heavy atom. The second-order valence-corrected chi connectivity index (χ2v) is 18.0. The highest BCUT2D eigenvalue weighted by Crippen LogP contribution is 2.41. The number of esters is 5. The first kappa shape index (κ1) is 55.9. The van der Waals surface area contributed by atoms with Crippen LogP contribution in [0.15, 0.2) is 30.4 Å². The lowest BCUT2D eigenvalue weighted by Crippen LogP contribution is -2.35. The van der Waals surface area contributed by atoms with Crippen LogP contribution in [0.2, 0.25) is 0 Å². The number of unbranched alkanes of at least 4 members (excludes halogenated alkanes) is 4. The molecule has 0 bridgehead atoms. The van der Waals surface area contributed by atoms with E-state index in [1.165, 1.54) is 26.0 Å². The van der Waals surface area contributed by atoms with E-state index in [0.29, 0.717) is 84.4 Å². The minimum absolute atomic E-state index is 0.0771. The van der Waals surface area contributed by atoms with Crippen molar-refractivity contribution in [3.05, 3.63) is 58.4 Å². The van der Waals surface area contributed by atoms with Crippen molar-refractivity contribution in [2.24, 2.45) is 11.8 Å². The number of nitrogens with one attached hydrogen (secondary N) is 3. The molecule has 0 radical (unpaired) electrons. The minimum Gasteiger partial charge on any atom is -0.462 e. The van der Waals surface area contributed by atoms with Gasteiger partial charge < -0.3 is 49.7 Å². The molecule has 1 aromatic carbocycles. The van der Waals surface area contributed by atoms with E-state index in [2.05, 4.69) is 41.3 Å². The highest BCUT2D eigenvalue weighted by Gasteiger charge is 2.43. The fourth-order valence-electron chi connectivity index (χ4n) is 8.97. The number of ether oxygens (including phenoxy) is 4. The summed E-state index contributed by atoms with van der Waals surface area (Å²) in [5, 5.41) is 27.1. The number of aliphatic hydroxyl groups excluding tert-OH is 2. The summed E-state index contributed by atoms with van der Waals surface area (Å²) in [4.78, 5) is 93.7. The van der Waals surface area contributed by atoms with Gasteiger partial charge in [-0.3, -0.25) is 28.8 Å². The third kappa shape index (κ3) is 17.4. The number of amides is 2. The van der Waals surface area contributed by atoms with Crippen LogP contribution in [-0.4, -0.2) is 112 Å². The number of carbonyl (C=O) groups excluding carboxylic acids is 7. The number of H-pyrrole nitrogens is 1. The van der Waals surface area contributed by atoms with Gasteiger partial charge in [-0.05, 0) is 108 Å². The van der Waals surface area contributed by atoms with Crippen molar-refractivity contribution in [1.29, 1.82) is 0 Å². The summed E-state index contributed by atoms with van der Waals surface area (Å²) >= 11 is 0. The number of nitrogens with zero attached hydrogens (tertiary/aromatic N) is 1. The van der Waals surface area contributed by atoms with Crippen LogP contribution in [0.25, 0.3) is 11.6 Å². The Kier molecular flexibility index (Phi) is 22.8. The van der Waals surface area contributed by atoms with Gasteiger partial charge in [0.25, 0.3) is 11.8 Å². The first-order chi connectivity index (χ1) is 32.9. The van der Waals surface area contributed by atoms with Gasteiger partial charge in [0.2, 0.25) is 0 Å². The van der Waals surface area contributed by atoms with Crippen LogP contribution in [0.3, 0.4) is 0 Å². The molecule has 2 amide bonds. The number of aliphatic hydroxyl groups is 2. The smallest absolute Gasteiger partial charge is 0.354 e. The van der Waals surface area contributed by atoms with Crippen LogP contribution in [0.5, 0.6) is 5.75 Å². The molecule has 1 aliphatic carbocycles. The third-order valence-electron chi connectivity index (χ3n) is 12.9. The average Bonchev–Trinajstić information content (AvgIpc) is 3.88. The van der Waals surface area contributed by atoms with Gasteiger partial charge in [0.1, 0.15) is 11.9 Å². The van der Waals surface area contributed by atoms with Crippen molar-refractivity contribution in [3.63, 3.8) is 0 Å². The lowest BCUT2D eigenvalue weighted by molar-refractivity contribution is -0.173. The number of fused-ring (bicyclic) bond motifs is 1. The zero-order valence-electron chi connectivity index (χ0n) is 41.5. The molecule has 17 heteroatoms. The van der Waals surface area contributed by atoms with E-state index < -0.39 is 60.7 Å². The fourth-order valence-corrected chi connectivity index (χ4v) is 8.97. The van der Waals surface area contributed by atoms with Crippen molar-refractivity contribution < 1.29 is 62.7 Å². The number of hydrogen-bond donors (Lipinski definition) is 5. The van der Waals surface area contributed by atoms with E-state index in [9.17, 15) is 43.8 Å². The van der Waals surface area contributed by atoms with Crippen LogP contribution in [-0.2, 0) is 43.0 Å². The van der Waals surface area contributed by atoms with Crippen LogP contribution in [0, 0.1) is 25.7 Å². The molecular weight excluding hydrogens is 889 g/mol. The number of rotatable bonds is 28. The Morgan fingerprint density at radius 1 is 0.928 bits per heavy atom. The number of carbonyl (C=O) groups is 7. The van der Waals surface area contributed by atoms with Crippen molar-refractivity contribution >= 4 is 59.0 Å². The molecule has 2 aromatic rings. The molecule has 1 saturated carbocycles.